The fraction of sp³-hybridized carbons (Fsp3) is 0.462. The number of hydrogen-bond acceptors (Lipinski definition) is 5. The first-order chi connectivity index (χ1) is 10.3. The second-order valence-electron chi connectivity index (χ2n) is 5.05. The molecule has 1 aliphatic rings. The number of carbonyl (C=O) groups is 1. The first kappa shape index (κ1) is 20.0. The first-order valence-corrected chi connectivity index (χ1v) is 9.76. The van der Waals surface area contributed by atoms with Crippen LogP contribution >= 0.6 is 24.2 Å². The minimum atomic E-state index is -3.58. The average Bonchev–Trinajstić information content (AvgIpc) is 2.42. The van der Waals surface area contributed by atoms with E-state index in [-0.39, 0.29) is 30.0 Å². The molecular weight excluding hydrogens is 365 g/mol. The summed E-state index contributed by atoms with van der Waals surface area (Å²) >= 11 is 1.79. The van der Waals surface area contributed by atoms with Gasteiger partial charge in [0.25, 0.3) is 0 Å². The van der Waals surface area contributed by atoms with Crippen LogP contribution in [0.4, 0.5) is 15.8 Å². The molecule has 130 valence electrons. The molecule has 1 atom stereocenters. The van der Waals surface area contributed by atoms with E-state index in [4.69, 9.17) is 0 Å². The van der Waals surface area contributed by atoms with E-state index in [2.05, 4.69) is 15.4 Å². The molecule has 1 aliphatic heterocycles. The normalized spacial score (nSPS) is 17.9. The number of nitrogens with one attached hydrogen (secondary N) is 3. The highest BCUT2D eigenvalue weighted by Gasteiger charge is 2.17. The summed E-state index contributed by atoms with van der Waals surface area (Å²) in [5, 5.41) is 5.91. The van der Waals surface area contributed by atoms with Crippen molar-refractivity contribution in [3.63, 3.8) is 0 Å². The summed E-state index contributed by atoms with van der Waals surface area (Å²) in [6.45, 7) is 0.877. The van der Waals surface area contributed by atoms with Gasteiger partial charge in [0.05, 0.1) is 11.9 Å². The number of amides is 1. The maximum absolute atomic E-state index is 13.6. The molecule has 2 rings (SSSR count). The third kappa shape index (κ3) is 6.94. The van der Waals surface area contributed by atoms with Gasteiger partial charge in [0.2, 0.25) is 15.9 Å². The van der Waals surface area contributed by atoms with Gasteiger partial charge in [-0.3, -0.25) is 9.52 Å². The lowest BCUT2D eigenvalue weighted by Gasteiger charge is -2.22. The van der Waals surface area contributed by atoms with Crippen LogP contribution in [-0.2, 0) is 14.8 Å². The number of rotatable bonds is 5. The summed E-state index contributed by atoms with van der Waals surface area (Å²) in [7, 11) is -3.58. The Morgan fingerprint density at radius 2 is 2.22 bits per heavy atom. The van der Waals surface area contributed by atoms with E-state index in [1.54, 1.807) is 11.8 Å². The van der Waals surface area contributed by atoms with Gasteiger partial charge < -0.3 is 10.6 Å². The maximum atomic E-state index is 13.6. The van der Waals surface area contributed by atoms with Crippen LogP contribution in [0.25, 0.3) is 0 Å². The molecule has 1 fully saturated rings. The van der Waals surface area contributed by atoms with Crippen LogP contribution < -0.4 is 15.4 Å². The molecule has 1 aromatic carbocycles. The summed E-state index contributed by atoms with van der Waals surface area (Å²) in [5.41, 5.74) is 0.160. The molecule has 0 aliphatic carbocycles. The van der Waals surface area contributed by atoms with Crippen LogP contribution in [-0.4, -0.2) is 44.7 Å². The third-order valence-electron chi connectivity index (χ3n) is 2.98. The third-order valence-corrected chi connectivity index (χ3v) is 4.70. The molecule has 23 heavy (non-hydrogen) atoms. The van der Waals surface area contributed by atoms with Gasteiger partial charge in [0, 0.05) is 36.2 Å². The van der Waals surface area contributed by atoms with Gasteiger partial charge in [-0.15, -0.1) is 12.4 Å². The highest BCUT2D eigenvalue weighted by molar-refractivity contribution is 7.99. The van der Waals surface area contributed by atoms with Gasteiger partial charge in [0.1, 0.15) is 5.82 Å². The fourth-order valence-corrected chi connectivity index (χ4v) is 3.57. The van der Waals surface area contributed by atoms with Crippen molar-refractivity contribution >= 4 is 51.5 Å². The molecular formula is C13H19ClFN3O3S2. The monoisotopic (exact) mass is 383 g/mol. The lowest BCUT2D eigenvalue weighted by Crippen LogP contribution is -2.39. The second kappa shape index (κ2) is 8.72. The zero-order valence-corrected chi connectivity index (χ0v) is 14.9. The van der Waals surface area contributed by atoms with Crippen molar-refractivity contribution in [2.45, 2.75) is 12.5 Å². The first-order valence-electron chi connectivity index (χ1n) is 6.72. The smallest absolute Gasteiger partial charge is 0.229 e. The molecule has 1 amide bonds. The summed E-state index contributed by atoms with van der Waals surface area (Å²) in [6.07, 6.45) is 1.25. The molecule has 0 saturated carbocycles. The summed E-state index contributed by atoms with van der Waals surface area (Å²) in [6, 6.07) is 3.88. The predicted molar refractivity (Wildman–Crippen MR) is 94.5 cm³/mol. The molecule has 1 saturated heterocycles. The van der Waals surface area contributed by atoms with E-state index < -0.39 is 15.8 Å². The molecule has 0 aromatic heterocycles. The van der Waals surface area contributed by atoms with E-state index >= 15 is 0 Å². The minimum absolute atomic E-state index is 0. The van der Waals surface area contributed by atoms with E-state index in [0.29, 0.717) is 12.1 Å². The second-order valence-corrected chi connectivity index (χ2v) is 7.95. The van der Waals surface area contributed by atoms with Crippen molar-refractivity contribution in [3.8, 4) is 0 Å². The molecule has 1 unspecified atom stereocenters. The Morgan fingerprint density at radius 1 is 1.48 bits per heavy atom. The topological polar surface area (TPSA) is 87.3 Å². The number of hydrogen-bond donors (Lipinski definition) is 3. The Hall–Kier alpha value is -1.03. The average molecular weight is 384 g/mol. The summed E-state index contributed by atoms with van der Waals surface area (Å²) < 4.78 is 38.0. The van der Waals surface area contributed by atoms with Crippen LogP contribution in [0, 0.1) is 5.82 Å². The molecule has 0 radical (unpaired) electrons. The Balaban J connectivity index is 0.00000264. The van der Waals surface area contributed by atoms with Crippen LogP contribution in [0.15, 0.2) is 18.2 Å². The minimum Gasteiger partial charge on any atom is -0.326 e. The van der Waals surface area contributed by atoms with Gasteiger partial charge >= 0.3 is 0 Å². The SMILES string of the molecule is CS(=O)(=O)Nc1cc(NC(=O)CC2CSCCN2)ccc1F.Cl. The zero-order chi connectivity index (χ0) is 16.2. The van der Waals surface area contributed by atoms with E-state index in [1.807, 2.05) is 0 Å². The van der Waals surface area contributed by atoms with Crippen molar-refractivity contribution < 1.29 is 17.6 Å². The Morgan fingerprint density at radius 3 is 2.83 bits per heavy atom. The van der Waals surface area contributed by atoms with Gasteiger partial charge in [0.15, 0.2) is 0 Å². The zero-order valence-electron chi connectivity index (χ0n) is 12.5. The Labute approximate surface area is 145 Å². The highest BCUT2D eigenvalue weighted by atomic mass is 35.5. The van der Waals surface area contributed by atoms with Crippen molar-refractivity contribution in [1.82, 2.24) is 5.32 Å². The highest BCUT2D eigenvalue weighted by Crippen LogP contribution is 2.21. The summed E-state index contributed by atoms with van der Waals surface area (Å²) in [4.78, 5) is 12.0. The number of halogens is 2. The molecule has 1 heterocycles. The molecule has 0 spiro atoms. The van der Waals surface area contributed by atoms with Crippen LogP contribution in [0.1, 0.15) is 6.42 Å². The number of carbonyl (C=O) groups excluding carboxylic acids is 1. The maximum Gasteiger partial charge on any atom is 0.229 e. The molecule has 3 N–H and O–H groups in total. The van der Waals surface area contributed by atoms with Gasteiger partial charge in [-0.25, -0.2) is 12.8 Å². The molecule has 6 nitrogen and oxygen atoms in total. The number of thioether (sulfide) groups is 1. The molecule has 1 aromatic rings. The number of anilines is 2. The number of sulfonamides is 1. The van der Waals surface area contributed by atoms with Crippen molar-refractivity contribution in [1.29, 1.82) is 0 Å². The quantitative estimate of drug-likeness (QED) is 0.719. The Bertz CT molecular complexity index is 652. The van der Waals surface area contributed by atoms with E-state index in [0.717, 1.165) is 30.4 Å². The molecule has 10 heteroatoms. The van der Waals surface area contributed by atoms with Crippen molar-refractivity contribution in [2.75, 3.05) is 34.3 Å². The summed E-state index contributed by atoms with van der Waals surface area (Å²) in [5.74, 6) is 1.01. The van der Waals surface area contributed by atoms with Crippen LogP contribution in [0.5, 0.6) is 0 Å². The van der Waals surface area contributed by atoms with Crippen LogP contribution in [0.3, 0.4) is 0 Å². The van der Waals surface area contributed by atoms with Gasteiger partial charge in [-0.2, -0.15) is 11.8 Å². The standard InChI is InChI=1S/C13H18FN3O3S2.ClH/c1-22(19,20)17-12-6-9(2-3-11(12)14)16-13(18)7-10-8-21-5-4-15-10;/h2-3,6,10,15,17H,4-5,7-8H2,1H3,(H,16,18);1H. The predicted octanol–water partition coefficient (Wildman–Crippen LogP) is 1.65. The van der Waals surface area contributed by atoms with Crippen molar-refractivity contribution in [2.24, 2.45) is 0 Å². The largest absolute Gasteiger partial charge is 0.326 e. The number of benzene rings is 1. The molecule has 0 bridgehead atoms. The Kier molecular flexibility index (Phi) is 7.59. The fourth-order valence-electron chi connectivity index (χ4n) is 2.07. The van der Waals surface area contributed by atoms with Gasteiger partial charge in [-0.05, 0) is 18.2 Å². The van der Waals surface area contributed by atoms with E-state index in [9.17, 15) is 17.6 Å². The van der Waals surface area contributed by atoms with Gasteiger partial charge in [-0.1, -0.05) is 0 Å². The van der Waals surface area contributed by atoms with Crippen molar-refractivity contribution in [3.05, 3.63) is 24.0 Å². The lowest BCUT2D eigenvalue weighted by atomic mass is 10.2. The lowest BCUT2D eigenvalue weighted by molar-refractivity contribution is -0.116. The van der Waals surface area contributed by atoms with Crippen LogP contribution in [0.2, 0.25) is 0 Å². The van der Waals surface area contributed by atoms with E-state index in [1.165, 1.54) is 12.1 Å².